The molecule has 0 bridgehead atoms. The first kappa shape index (κ1) is 15.4. The molecule has 4 heteroatoms. The number of hydrogen-bond acceptors (Lipinski definition) is 3. The molecule has 0 radical (unpaired) electrons. The minimum Gasteiger partial charge on any atom is -0.342 e. The van der Waals surface area contributed by atoms with Crippen molar-refractivity contribution in [1.29, 1.82) is 0 Å². The van der Waals surface area contributed by atoms with Crippen molar-refractivity contribution in [2.75, 3.05) is 52.4 Å². The number of carbonyl (C=O) groups excluding carboxylic acids is 1. The average molecular weight is 255 g/mol. The van der Waals surface area contributed by atoms with E-state index in [0.717, 1.165) is 45.2 Å². The lowest BCUT2D eigenvalue weighted by atomic mass is 10.2. The third-order valence-electron chi connectivity index (χ3n) is 3.56. The van der Waals surface area contributed by atoms with Crippen molar-refractivity contribution in [2.24, 2.45) is 5.92 Å². The van der Waals surface area contributed by atoms with Gasteiger partial charge in [-0.1, -0.05) is 13.8 Å². The Hall–Kier alpha value is -0.610. The first-order valence-corrected chi connectivity index (χ1v) is 7.29. The summed E-state index contributed by atoms with van der Waals surface area (Å²) < 4.78 is 0. The number of nitrogens with zero attached hydrogens (tertiary/aromatic N) is 3. The van der Waals surface area contributed by atoms with Gasteiger partial charge in [0.2, 0.25) is 5.91 Å². The highest BCUT2D eigenvalue weighted by Gasteiger charge is 2.20. The fraction of sp³-hybridized carbons (Fsp3) is 0.929. The molecule has 1 aliphatic heterocycles. The van der Waals surface area contributed by atoms with Gasteiger partial charge in [0.25, 0.3) is 0 Å². The fourth-order valence-corrected chi connectivity index (χ4v) is 2.51. The minimum atomic E-state index is 0.275. The van der Waals surface area contributed by atoms with Crippen LogP contribution in [0.1, 0.15) is 27.7 Å². The summed E-state index contributed by atoms with van der Waals surface area (Å²) in [6.07, 6.45) is 0. The van der Waals surface area contributed by atoms with E-state index in [-0.39, 0.29) is 5.91 Å². The molecule has 0 saturated carbocycles. The van der Waals surface area contributed by atoms with Crippen LogP contribution in [0.25, 0.3) is 0 Å². The van der Waals surface area contributed by atoms with Crippen LogP contribution in [0.15, 0.2) is 0 Å². The lowest BCUT2D eigenvalue weighted by Crippen LogP contribution is -2.50. The van der Waals surface area contributed by atoms with E-state index in [9.17, 15) is 4.79 Å². The third-order valence-corrected chi connectivity index (χ3v) is 3.56. The summed E-state index contributed by atoms with van der Waals surface area (Å²) in [5.41, 5.74) is 0. The molecule has 1 aliphatic rings. The van der Waals surface area contributed by atoms with E-state index in [2.05, 4.69) is 23.6 Å². The molecule has 1 amide bonds. The summed E-state index contributed by atoms with van der Waals surface area (Å²) in [6.45, 7) is 16.3. The van der Waals surface area contributed by atoms with Gasteiger partial charge in [-0.3, -0.25) is 9.69 Å². The summed E-state index contributed by atoms with van der Waals surface area (Å²) in [5, 5.41) is 0. The molecule has 0 aromatic rings. The number of likely N-dealkylation sites (N-methyl/N-ethyl adjacent to an activating group) is 1. The van der Waals surface area contributed by atoms with E-state index in [0.29, 0.717) is 6.54 Å². The summed E-state index contributed by atoms with van der Waals surface area (Å²) >= 11 is 0. The summed E-state index contributed by atoms with van der Waals surface area (Å²) in [5.74, 6) is 1.01. The Balaban J connectivity index is 2.28. The van der Waals surface area contributed by atoms with Gasteiger partial charge in [-0.15, -0.1) is 0 Å². The number of hydrogen-bond donors (Lipinski definition) is 0. The van der Waals surface area contributed by atoms with E-state index < -0.39 is 0 Å². The minimum absolute atomic E-state index is 0.275. The van der Waals surface area contributed by atoms with Gasteiger partial charge in [0.15, 0.2) is 0 Å². The van der Waals surface area contributed by atoms with Crippen LogP contribution in [0.5, 0.6) is 0 Å². The van der Waals surface area contributed by atoms with Crippen LogP contribution in [0, 0.1) is 5.92 Å². The molecule has 1 heterocycles. The quantitative estimate of drug-likeness (QED) is 0.712. The van der Waals surface area contributed by atoms with E-state index in [4.69, 9.17) is 0 Å². The highest BCUT2D eigenvalue weighted by molar-refractivity contribution is 5.78. The second-order valence-electron chi connectivity index (χ2n) is 5.54. The molecule has 0 atom stereocenters. The molecule has 0 N–H and O–H groups in total. The first-order valence-electron chi connectivity index (χ1n) is 7.29. The highest BCUT2D eigenvalue weighted by Crippen LogP contribution is 2.05. The lowest BCUT2D eigenvalue weighted by Gasteiger charge is -2.35. The van der Waals surface area contributed by atoms with Crippen LogP contribution >= 0.6 is 0 Å². The molecule has 1 saturated heterocycles. The van der Waals surface area contributed by atoms with Crippen molar-refractivity contribution in [1.82, 2.24) is 14.7 Å². The fourth-order valence-electron chi connectivity index (χ4n) is 2.51. The largest absolute Gasteiger partial charge is 0.342 e. The van der Waals surface area contributed by atoms with E-state index in [1.165, 1.54) is 6.54 Å². The third kappa shape index (κ3) is 4.94. The van der Waals surface area contributed by atoms with Crippen molar-refractivity contribution >= 4 is 5.91 Å². The molecular formula is C14H29N3O. The van der Waals surface area contributed by atoms with Crippen LogP contribution in [-0.2, 0) is 4.79 Å². The predicted octanol–water partition coefficient (Wildman–Crippen LogP) is 1.13. The molecule has 0 aromatic carbocycles. The Bertz CT molecular complexity index is 243. The molecular weight excluding hydrogens is 226 g/mol. The summed E-state index contributed by atoms with van der Waals surface area (Å²) in [7, 11) is 0. The number of amides is 1. The summed E-state index contributed by atoms with van der Waals surface area (Å²) in [4.78, 5) is 18.7. The molecule has 0 unspecified atom stereocenters. The van der Waals surface area contributed by atoms with Gasteiger partial charge in [0.05, 0.1) is 6.54 Å². The van der Waals surface area contributed by atoms with Crippen molar-refractivity contribution < 1.29 is 4.79 Å². The zero-order chi connectivity index (χ0) is 13.5. The smallest absolute Gasteiger partial charge is 0.236 e. The van der Waals surface area contributed by atoms with Gasteiger partial charge >= 0.3 is 0 Å². The monoisotopic (exact) mass is 255 g/mol. The van der Waals surface area contributed by atoms with Crippen molar-refractivity contribution in [2.45, 2.75) is 27.7 Å². The van der Waals surface area contributed by atoms with Crippen molar-refractivity contribution in [3.63, 3.8) is 0 Å². The molecule has 0 aliphatic carbocycles. The second-order valence-corrected chi connectivity index (χ2v) is 5.54. The molecule has 1 rings (SSSR count). The van der Waals surface area contributed by atoms with Crippen LogP contribution < -0.4 is 0 Å². The van der Waals surface area contributed by atoms with Gasteiger partial charge in [-0.25, -0.2) is 0 Å². The van der Waals surface area contributed by atoms with Crippen LogP contribution in [-0.4, -0.2) is 73.0 Å². The van der Waals surface area contributed by atoms with Crippen LogP contribution in [0.2, 0.25) is 0 Å². The topological polar surface area (TPSA) is 26.8 Å². The molecule has 4 nitrogen and oxygen atoms in total. The van der Waals surface area contributed by atoms with Crippen LogP contribution in [0.4, 0.5) is 0 Å². The molecule has 0 spiro atoms. The van der Waals surface area contributed by atoms with Gasteiger partial charge in [-0.2, -0.15) is 0 Å². The zero-order valence-electron chi connectivity index (χ0n) is 12.5. The Labute approximate surface area is 112 Å². The number of rotatable bonds is 6. The average Bonchev–Trinajstić information content (AvgIpc) is 2.32. The highest BCUT2D eigenvalue weighted by atomic mass is 16.2. The number of piperazine rings is 1. The van der Waals surface area contributed by atoms with E-state index >= 15 is 0 Å². The maximum atomic E-state index is 12.0. The van der Waals surface area contributed by atoms with Crippen molar-refractivity contribution in [3.8, 4) is 0 Å². The van der Waals surface area contributed by atoms with Crippen molar-refractivity contribution in [3.05, 3.63) is 0 Å². The van der Waals surface area contributed by atoms with Gasteiger partial charge in [0, 0.05) is 45.8 Å². The summed E-state index contributed by atoms with van der Waals surface area (Å²) in [6, 6.07) is 0. The Kier molecular flexibility index (Phi) is 6.65. The second kappa shape index (κ2) is 7.74. The van der Waals surface area contributed by atoms with Crippen LogP contribution in [0.3, 0.4) is 0 Å². The molecule has 106 valence electrons. The lowest BCUT2D eigenvalue weighted by molar-refractivity contribution is -0.132. The van der Waals surface area contributed by atoms with E-state index in [1.54, 1.807) is 0 Å². The van der Waals surface area contributed by atoms with Gasteiger partial charge in [0.1, 0.15) is 0 Å². The Morgan fingerprint density at radius 2 is 1.56 bits per heavy atom. The SMILES string of the molecule is CCN(CC)C(=O)CN1CCN(CC(C)C)CC1. The normalized spacial score (nSPS) is 18.3. The number of carbonyl (C=O) groups is 1. The van der Waals surface area contributed by atoms with Gasteiger partial charge < -0.3 is 9.80 Å². The molecule has 1 fully saturated rings. The predicted molar refractivity (Wildman–Crippen MR) is 75.6 cm³/mol. The zero-order valence-corrected chi connectivity index (χ0v) is 12.5. The first-order chi connectivity index (χ1) is 8.56. The standard InChI is InChI=1S/C14H29N3O/c1-5-17(6-2)14(18)12-16-9-7-15(8-10-16)11-13(3)4/h13H,5-12H2,1-4H3. The van der Waals surface area contributed by atoms with Gasteiger partial charge in [-0.05, 0) is 19.8 Å². The maximum absolute atomic E-state index is 12.0. The Morgan fingerprint density at radius 1 is 1.06 bits per heavy atom. The van der Waals surface area contributed by atoms with E-state index in [1.807, 2.05) is 18.7 Å². The molecule has 18 heavy (non-hydrogen) atoms. The molecule has 0 aromatic heterocycles. The maximum Gasteiger partial charge on any atom is 0.236 e. The Morgan fingerprint density at radius 3 is 2.00 bits per heavy atom.